The largest absolute Gasteiger partial charge is 0.494 e. The van der Waals surface area contributed by atoms with Crippen molar-refractivity contribution in [1.82, 2.24) is 15.5 Å². The van der Waals surface area contributed by atoms with E-state index in [1.807, 2.05) is 0 Å². The molecule has 106 valence electrons. The SMILES string of the molecule is COc1cc(-c2noc([C@@H]3C[C@@H](O)CN3)n2)ccc1F. The summed E-state index contributed by atoms with van der Waals surface area (Å²) in [6.07, 6.45) is 0.134. The third-order valence-electron chi connectivity index (χ3n) is 3.26. The summed E-state index contributed by atoms with van der Waals surface area (Å²) >= 11 is 0. The molecular weight excluding hydrogens is 265 g/mol. The molecule has 20 heavy (non-hydrogen) atoms. The van der Waals surface area contributed by atoms with Crippen LogP contribution in [0.5, 0.6) is 5.75 Å². The second kappa shape index (κ2) is 5.18. The molecule has 2 aromatic rings. The Hall–Kier alpha value is -1.99. The zero-order valence-electron chi connectivity index (χ0n) is 10.8. The number of ether oxygens (including phenoxy) is 1. The van der Waals surface area contributed by atoms with E-state index < -0.39 is 11.9 Å². The van der Waals surface area contributed by atoms with Crippen LogP contribution in [0.3, 0.4) is 0 Å². The van der Waals surface area contributed by atoms with Crippen molar-refractivity contribution in [2.45, 2.75) is 18.6 Å². The summed E-state index contributed by atoms with van der Waals surface area (Å²) in [7, 11) is 1.40. The van der Waals surface area contributed by atoms with Crippen LogP contribution in [0, 0.1) is 5.82 Å². The normalized spacial score (nSPS) is 22.1. The van der Waals surface area contributed by atoms with E-state index in [9.17, 15) is 9.50 Å². The standard InChI is InChI=1S/C13H14FN3O3/c1-19-11-4-7(2-3-9(11)14)12-16-13(20-17-12)10-5-8(18)6-15-10/h2-4,8,10,15,18H,5-6H2,1H3/t8-,10+/m1/s1. The first-order valence-corrected chi connectivity index (χ1v) is 6.26. The highest BCUT2D eigenvalue weighted by molar-refractivity contribution is 5.57. The monoisotopic (exact) mass is 279 g/mol. The lowest BCUT2D eigenvalue weighted by Gasteiger charge is -2.03. The lowest BCUT2D eigenvalue weighted by molar-refractivity contribution is 0.191. The molecule has 6 nitrogen and oxygen atoms in total. The van der Waals surface area contributed by atoms with Crippen molar-refractivity contribution in [1.29, 1.82) is 0 Å². The minimum atomic E-state index is -0.444. The molecule has 1 aromatic heterocycles. The number of β-amino-alcohol motifs (C(OH)–C–C–N with tert-alkyl or cyclic N) is 1. The van der Waals surface area contributed by atoms with Crippen LogP contribution in [-0.2, 0) is 0 Å². The highest BCUT2D eigenvalue weighted by Crippen LogP contribution is 2.27. The molecule has 0 spiro atoms. The molecule has 0 unspecified atom stereocenters. The number of aliphatic hydroxyl groups is 1. The third kappa shape index (κ3) is 2.37. The van der Waals surface area contributed by atoms with Gasteiger partial charge in [-0.25, -0.2) is 4.39 Å². The van der Waals surface area contributed by atoms with Gasteiger partial charge in [-0.1, -0.05) is 5.16 Å². The molecule has 2 atom stereocenters. The van der Waals surface area contributed by atoms with Gasteiger partial charge >= 0.3 is 0 Å². The number of nitrogens with one attached hydrogen (secondary N) is 1. The maximum atomic E-state index is 13.4. The van der Waals surface area contributed by atoms with Gasteiger partial charge < -0.3 is 19.7 Å². The Kier molecular flexibility index (Phi) is 3.37. The highest BCUT2D eigenvalue weighted by Gasteiger charge is 2.28. The maximum Gasteiger partial charge on any atom is 0.244 e. The predicted octanol–water partition coefficient (Wildman–Crippen LogP) is 1.28. The molecule has 0 aliphatic carbocycles. The minimum absolute atomic E-state index is 0.128. The van der Waals surface area contributed by atoms with Crippen molar-refractivity contribution in [3.8, 4) is 17.1 Å². The van der Waals surface area contributed by atoms with Gasteiger partial charge in [0, 0.05) is 12.1 Å². The second-order valence-electron chi connectivity index (χ2n) is 4.66. The smallest absolute Gasteiger partial charge is 0.244 e. The van der Waals surface area contributed by atoms with Crippen LogP contribution in [0.2, 0.25) is 0 Å². The topological polar surface area (TPSA) is 80.4 Å². The first-order chi connectivity index (χ1) is 9.67. The van der Waals surface area contributed by atoms with Gasteiger partial charge in [0.25, 0.3) is 0 Å². The highest BCUT2D eigenvalue weighted by atomic mass is 19.1. The van der Waals surface area contributed by atoms with Gasteiger partial charge in [0.1, 0.15) is 0 Å². The fourth-order valence-electron chi connectivity index (χ4n) is 2.20. The summed E-state index contributed by atoms with van der Waals surface area (Å²) in [6, 6.07) is 4.22. The summed E-state index contributed by atoms with van der Waals surface area (Å²) in [5, 5.41) is 16.4. The third-order valence-corrected chi connectivity index (χ3v) is 3.26. The van der Waals surface area contributed by atoms with Gasteiger partial charge in [0.2, 0.25) is 11.7 Å². The van der Waals surface area contributed by atoms with E-state index in [0.717, 1.165) is 0 Å². The lowest BCUT2D eigenvalue weighted by atomic mass is 10.2. The summed E-state index contributed by atoms with van der Waals surface area (Å²) < 4.78 is 23.5. The Bertz CT molecular complexity index is 617. The van der Waals surface area contributed by atoms with E-state index in [2.05, 4.69) is 15.5 Å². The van der Waals surface area contributed by atoms with Crippen LogP contribution in [-0.4, -0.2) is 35.0 Å². The zero-order valence-corrected chi connectivity index (χ0v) is 10.8. The van der Waals surface area contributed by atoms with E-state index in [1.54, 1.807) is 6.07 Å². The van der Waals surface area contributed by atoms with Crippen LogP contribution in [0.15, 0.2) is 22.7 Å². The average molecular weight is 279 g/mol. The zero-order chi connectivity index (χ0) is 14.1. The van der Waals surface area contributed by atoms with Crippen LogP contribution in [0.4, 0.5) is 4.39 Å². The first-order valence-electron chi connectivity index (χ1n) is 6.26. The van der Waals surface area contributed by atoms with Crippen molar-refractivity contribution in [2.24, 2.45) is 0 Å². The van der Waals surface area contributed by atoms with Gasteiger partial charge in [-0.3, -0.25) is 0 Å². The predicted molar refractivity (Wildman–Crippen MR) is 67.6 cm³/mol. The maximum absolute atomic E-state index is 13.4. The molecule has 0 radical (unpaired) electrons. The number of hydrogen-bond acceptors (Lipinski definition) is 6. The van der Waals surface area contributed by atoms with E-state index in [4.69, 9.17) is 9.26 Å². The van der Waals surface area contributed by atoms with Gasteiger partial charge in [0.15, 0.2) is 11.6 Å². The van der Waals surface area contributed by atoms with E-state index >= 15 is 0 Å². The van der Waals surface area contributed by atoms with E-state index in [0.29, 0.717) is 30.2 Å². The molecule has 0 bridgehead atoms. The van der Waals surface area contributed by atoms with Crippen molar-refractivity contribution < 1.29 is 18.8 Å². The van der Waals surface area contributed by atoms with Crippen LogP contribution < -0.4 is 10.1 Å². The van der Waals surface area contributed by atoms with Crippen LogP contribution in [0.25, 0.3) is 11.4 Å². The number of nitrogens with zero attached hydrogens (tertiary/aromatic N) is 2. The molecule has 1 aliphatic heterocycles. The number of rotatable bonds is 3. The molecule has 7 heteroatoms. The molecule has 1 aliphatic rings. The summed E-state index contributed by atoms with van der Waals surface area (Å²) in [4.78, 5) is 4.27. The average Bonchev–Trinajstić information content (AvgIpc) is 3.08. The molecule has 1 aromatic carbocycles. The fraction of sp³-hybridized carbons (Fsp3) is 0.385. The Labute approximate surface area is 114 Å². The Morgan fingerprint density at radius 2 is 2.35 bits per heavy atom. The van der Waals surface area contributed by atoms with Gasteiger partial charge in [-0.2, -0.15) is 4.98 Å². The number of aliphatic hydroxyl groups excluding tert-OH is 1. The van der Waals surface area contributed by atoms with Crippen LogP contribution in [0.1, 0.15) is 18.4 Å². The molecule has 1 saturated heterocycles. The number of methoxy groups -OCH3 is 1. The number of halogens is 1. The van der Waals surface area contributed by atoms with Crippen molar-refractivity contribution in [3.05, 3.63) is 29.9 Å². The van der Waals surface area contributed by atoms with E-state index in [-0.39, 0.29) is 11.8 Å². The molecule has 2 N–H and O–H groups in total. The molecule has 0 saturated carbocycles. The number of aromatic nitrogens is 2. The summed E-state index contributed by atoms with van der Waals surface area (Å²) in [6.45, 7) is 0.507. The lowest BCUT2D eigenvalue weighted by Crippen LogP contribution is -2.15. The van der Waals surface area contributed by atoms with Gasteiger partial charge in [-0.05, 0) is 24.6 Å². The Morgan fingerprint density at radius 1 is 1.50 bits per heavy atom. The summed E-state index contributed by atoms with van der Waals surface area (Å²) in [5.74, 6) is 0.463. The van der Waals surface area contributed by atoms with Crippen molar-refractivity contribution in [2.75, 3.05) is 13.7 Å². The number of benzene rings is 1. The number of hydrogen-bond donors (Lipinski definition) is 2. The first kappa shape index (κ1) is 13.0. The fourth-order valence-corrected chi connectivity index (χ4v) is 2.20. The molecular formula is C13H14FN3O3. The van der Waals surface area contributed by atoms with Crippen LogP contribution >= 0.6 is 0 Å². The molecule has 0 amide bonds. The minimum Gasteiger partial charge on any atom is -0.494 e. The molecule has 3 rings (SSSR count). The van der Waals surface area contributed by atoms with E-state index in [1.165, 1.54) is 19.2 Å². The molecule has 1 fully saturated rings. The van der Waals surface area contributed by atoms with Crippen molar-refractivity contribution in [3.63, 3.8) is 0 Å². The van der Waals surface area contributed by atoms with Gasteiger partial charge in [-0.15, -0.1) is 0 Å². The summed E-state index contributed by atoms with van der Waals surface area (Å²) in [5.41, 5.74) is 0.608. The quantitative estimate of drug-likeness (QED) is 0.881. The Balaban J connectivity index is 1.86. The Morgan fingerprint density at radius 3 is 3.05 bits per heavy atom. The molecule has 2 heterocycles. The van der Waals surface area contributed by atoms with Gasteiger partial charge in [0.05, 0.1) is 19.3 Å². The van der Waals surface area contributed by atoms with Crippen molar-refractivity contribution >= 4 is 0 Å². The second-order valence-corrected chi connectivity index (χ2v) is 4.66.